The minimum absolute atomic E-state index is 0.0257. The van der Waals surface area contributed by atoms with E-state index in [9.17, 15) is 14.4 Å². The van der Waals surface area contributed by atoms with Crippen LogP contribution in [0.15, 0.2) is 48.7 Å². The van der Waals surface area contributed by atoms with E-state index >= 15 is 0 Å². The molecule has 0 saturated carbocycles. The molecule has 2 aromatic heterocycles. The third-order valence-electron chi connectivity index (χ3n) is 4.27. The summed E-state index contributed by atoms with van der Waals surface area (Å²) in [7, 11) is 0. The molecular weight excluding hydrogens is 402 g/mol. The van der Waals surface area contributed by atoms with E-state index in [1.165, 1.54) is 18.3 Å². The number of Topliss-reactive ketones (excluding diaryl/α,β-unsaturated/α-hetero) is 1. The van der Waals surface area contributed by atoms with Crippen LogP contribution in [0.2, 0.25) is 0 Å². The maximum Gasteiger partial charge on any atom is 0.332 e. The second-order valence-electron chi connectivity index (χ2n) is 6.55. The zero-order valence-corrected chi connectivity index (χ0v) is 17.7. The summed E-state index contributed by atoms with van der Waals surface area (Å²) >= 11 is 1.19. The van der Waals surface area contributed by atoms with Gasteiger partial charge in [-0.1, -0.05) is 31.2 Å². The normalized spacial score (nSPS) is 10.5. The Labute approximate surface area is 178 Å². The molecule has 0 unspecified atom stereocenters. The van der Waals surface area contributed by atoms with Crippen LogP contribution < -0.4 is 0 Å². The number of hydroxylamine groups is 2. The van der Waals surface area contributed by atoms with Crippen LogP contribution in [0.3, 0.4) is 0 Å². The fourth-order valence-electron chi connectivity index (χ4n) is 2.67. The minimum Gasteiger partial charge on any atom is -0.337 e. The molecule has 30 heavy (non-hydrogen) atoms. The van der Waals surface area contributed by atoms with E-state index in [1.54, 1.807) is 56.4 Å². The Morgan fingerprint density at radius 1 is 1.13 bits per heavy atom. The van der Waals surface area contributed by atoms with Crippen molar-refractivity contribution in [3.63, 3.8) is 0 Å². The molecule has 0 aliphatic rings. The molecule has 3 aromatic rings. The van der Waals surface area contributed by atoms with E-state index < -0.39 is 11.9 Å². The van der Waals surface area contributed by atoms with Gasteiger partial charge in [0.15, 0.2) is 5.78 Å². The maximum atomic E-state index is 13.2. The van der Waals surface area contributed by atoms with Crippen molar-refractivity contribution in [2.75, 3.05) is 0 Å². The lowest BCUT2D eigenvalue weighted by Crippen LogP contribution is -2.33. The predicted molar refractivity (Wildman–Crippen MR) is 113 cm³/mol. The van der Waals surface area contributed by atoms with E-state index in [1.807, 2.05) is 6.07 Å². The van der Waals surface area contributed by atoms with Gasteiger partial charge >= 0.3 is 5.97 Å². The summed E-state index contributed by atoms with van der Waals surface area (Å²) in [4.78, 5) is 51.1. The highest BCUT2D eigenvalue weighted by atomic mass is 32.1. The van der Waals surface area contributed by atoms with Crippen LogP contribution in [0.5, 0.6) is 0 Å². The van der Waals surface area contributed by atoms with Gasteiger partial charge < -0.3 is 4.84 Å². The van der Waals surface area contributed by atoms with Crippen LogP contribution in [0.4, 0.5) is 0 Å². The third-order valence-corrected chi connectivity index (χ3v) is 5.46. The van der Waals surface area contributed by atoms with Gasteiger partial charge in [0.1, 0.15) is 16.4 Å². The molecule has 154 valence electrons. The monoisotopic (exact) mass is 423 g/mol. The average Bonchev–Trinajstić information content (AvgIpc) is 3.15. The summed E-state index contributed by atoms with van der Waals surface area (Å²) in [6, 6.07) is 12.4. The number of benzene rings is 1. The molecule has 0 saturated heterocycles. The van der Waals surface area contributed by atoms with Crippen molar-refractivity contribution in [2.24, 2.45) is 0 Å². The lowest BCUT2D eigenvalue weighted by molar-refractivity contribution is -0.179. The number of hydrogen-bond donors (Lipinski definition) is 0. The molecule has 0 aliphatic carbocycles. The number of carbonyl (C=O) groups is 3. The summed E-state index contributed by atoms with van der Waals surface area (Å²) < 4.78 is 0. The highest BCUT2D eigenvalue weighted by molar-refractivity contribution is 7.17. The molecule has 1 amide bonds. The molecular formula is C22H21N3O4S. The smallest absolute Gasteiger partial charge is 0.332 e. The zero-order chi connectivity index (χ0) is 21.7. The van der Waals surface area contributed by atoms with Crippen LogP contribution in [0, 0.1) is 6.92 Å². The van der Waals surface area contributed by atoms with Gasteiger partial charge in [0.25, 0.3) is 5.91 Å². The highest BCUT2D eigenvalue weighted by Crippen LogP contribution is 2.30. The predicted octanol–water partition coefficient (Wildman–Crippen LogP) is 4.23. The van der Waals surface area contributed by atoms with E-state index in [4.69, 9.17) is 4.84 Å². The number of amides is 1. The Morgan fingerprint density at radius 2 is 1.93 bits per heavy atom. The van der Waals surface area contributed by atoms with Crippen molar-refractivity contribution in [3.05, 3.63) is 70.5 Å². The number of thiazole rings is 1. The number of aromatic nitrogens is 2. The van der Waals surface area contributed by atoms with E-state index in [-0.39, 0.29) is 18.7 Å². The van der Waals surface area contributed by atoms with Crippen LogP contribution in [0.25, 0.3) is 10.6 Å². The van der Waals surface area contributed by atoms with Crippen LogP contribution in [-0.2, 0) is 16.2 Å². The number of aryl methyl sites for hydroxylation is 1. The molecule has 8 heteroatoms. The van der Waals surface area contributed by atoms with Crippen LogP contribution in [-0.4, -0.2) is 32.7 Å². The fourth-order valence-corrected chi connectivity index (χ4v) is 3.68. The Morgan fingerprint density at radius 3 is 2.60 bits per heavy atom. The lowest BCUT2D eigenvalue weighted by atomic mass is 10.1. The number of carbonyl (C=O) groups excluding carboxylic acids is 3. The Bertz CT molecular complexity index is 1080. The topological polar surface area (TPSA) is 89.5 Å². The first-order chi connectivity index (χ1) is 14.4. The molecule has 3 rings (SSSR count). The Balaban J connectivity index is 1.92. The first kappa shape index (κ1) is 21.3. The first-order valence-corrected chi connectivity index (χ1v) is 10.2. The zero-order valence-electron chi connectivity index (χ0n) is 16.9. The summed E-state index contributed by atoms with van der Waals surface area (Å²) in [5, 5.41) is 1.63. The lowest BCUT2D eigenvalue weighted by Gasteiger charge is -2.20. The third kappa shape index (κ3) is 4.96. The molecule has 2 heterocycles. The van der Waals surface area contributed by atoms with E-state index in [0.717, 1.165) is 10.6 Å². The van der Waals surface area contributed by atoms with E-state index in [0.29, 0.717) is 26.8 Å². The Hall–Kier alpha value is -3.39. The van der Waals surface area contributed by atoms with E-state index in [2.05, 4.69) is 9.97 Å². The molecule has 1 aromatic carbocycles. The number of ketones is 1. The van der Waals surface area contributed by atoms with Gasteiger partial charge in [-0.2, -0.15) is 5.06 Å². The summed E-state index contributed by atoms with van der Waals surface area (Å²) in [5.74, 6) is -1.03. The number of rotatable bonds is 6. The van der Waals surface area contributed by atoms with Gasteiger partial charge in [-0.3, -0.25) is 14.6 Å². The molecule has 0 aliphatic heterocycles. The average molecular weight is 423 g/mol. The van der Waals surface area contributed by atoms with Crippen molar-refractivity contribution in [1.82, 2.24) is 15.0 Å². The quantitative estimate of drug-likeness (QED) is 0.435. The second kappa shape index (κ2) is 9.41. The molecule has 0 spiro atoms. The maximum absolute atomic E-state index is 13.2. The Kier molecular flexibility index (Phi) is 6.68. The van der Waals surface area contributed by atoms with Gasteiger partial charge in [0.05, 0.1) is 11.4 Å². The molecule has 0 atom stereocenters. The van der Waals surface area contributed by atoms with Crippen LogP contribution >= 0.6 is 11.3 Å². The van der Waals surface area contributed by atoms with Gasteiger partial charge in [0.2, 0.25) is 0 Å². The number of pyridine rings is 1. The number of nitrogens with zero attached hydrogens (tertiary/aromatic N) is 3. The van der Waals surface area contributed by atoms with Gasteiger partial charge in [-0.25, -0.2) is 9.78 Å². The van der Waals surface area contributed by atoms with Crippen molar-refractivity contribution in [3.8, 4) is 10.6 Å². The fraction of sp³-hybridized carbons (Fsp3) is 0.227. The molecule has 0 N–H and O–H groups in total. The first-order valence-electron chi connectivity index (χ1n) is 9.40. The van der Waals surface area contributed by atoms with Crippen LogP contribution in [0.1, 0.15) is 51.7 Å². The highest BCUT2D eigenvalue weighted by Gasteiger charge is 2.26. The molecule has 0 bridgehead atoms. The number of hydrogen-bond acceptors (Lipinski definition) is 7. The van der Waals surface area contributed by atoms with Crippen molar-refractivity contribution in [1.29, 1.82) is 0 Å². The largest absolute Gasteiger partial charge is 0.337 e. The minimum atomic E-state index is -0.518. The summed E-state index contributed by atoms with van der Waals surface area (Å²) in [6.45, 7) is 4.91. The summed E-state index contributed by atoms with van der Waals surface area (Å²) in [5.41, 5.74) is 2.43. The van der Waals surface area contributed by atoms with Gasteiger partial charge in [0, 0.05) is 23.7 Å². The van der Waals surface area contributed by atoms with Crippen molar-refractivity contribution >= 4 is 29.0 Å². The molecule has 0 radical (unpaired) electrons. The standard InChI is InChI=1S/C22H21N3O4S/c1-4-19(27)29-25(13-18-10-5-6-11-23-18)22(28)20-14(2)24-21(30-20)17-9-7-8-16(12-17)15(3)26/h5-12H,4,13H2,1-3H3. The van der Waals surface area contributed by atoms with Gasteiger partial charge in [-0.05, 0) is 32.0 Å². The van der Waals surface area contributed by atoms with Gasteiger partial charge in [-0.15, -0.1) is 11.3 Å². The van der Waals surface area contributed by atoms with Crippen molar-refractivity contribution in [2.45, 2.75) is 33.7 Å². The molecule has 0 fully saturated rings. The summed E-state index contributed by atoms with van der Waals surface area (Å²) in [6.07, 6.45) is 1.74. The second-order valence-corrected chi connectivity index (χ2v) is 7.55. The SMILES string of the molecule is CCC(=O)ON(Cc1ccccn1)C(=O)c1sc(-c2cccc(C(C)=O)c2)nc1C. The molecule has 7 nitrogen and oxygen atoms in total. The van der Waals surface area contributed by atoms with Crippen molar-refractivity contribution < 1.29 is 19.2 Å².